The zero-order chi connectivity index (χ0) is 7.49. The van der Waals surface area contributed by atoms with Gasteiger partial charge in [0.1, 0.15) is 2.14 Å². The molecule has 0 bridgehead atoms. The lowest BCUT2D eigenvalue weighted by molar-refractivity contribution is 0.785. The number of rotatable bonds is 2. The molecule has 0 N–H and O–H groups in total. The summed E-state index contributed by atoms with van der Waals surface area (Å²) in [7, 11) is 0. The Kier molecular flexibility index (Phi) is 5.74. The molecule has 0 nitrogen and oxygen atoms in total. The van der Waals surface area contributed by atoms with E-state index < -0.39 is 0 Å². The predicted octanol–water partition coefficient (Wildman–Crippen LogP) is 4.39. The Morgan fingerprint density at radius 1 is 1.33 bits per heavy atom. The Morgan fingerprint density at radius 3 is 1.89 bits per heavy atom. The van der Waals surface area contributed by atoms with Gasteiger partial charge in [0.05, 0.1) is 0 Å². The first kappa shape index (κ1) is 10.9. The zero-order valence-electron chi connectivity index (χ0n) is 5.00. The van der Waals surface area contributed by atoms with E-state index in [0.717, 1.165) is 6.42 Å². The van der Waals surface area contributed by atoms with E-state index in [1.165, 1.54) is 6.42 Å². The molecule has 0 spiro atoms. The van der Waals surface area contributed by atoms with Gasteiger partial charge in [0.15, 0.2) is 0 Å². The Hall–Kier alpha value is 1.92. The molecule has 0 aromatic rings. The number of alkyl halides is 4. The van der Waals surface area contributed by atoms with Gasteiger partial charge in [0.2, 0.25) is 0 Å². The average molecular weight is 388 g/mol. The van der Waals surface area contributed by atoms with Crippen LogP contribution in [0.25, 0.3) is 0 Å². The first-order valence-corrected chi connectivity index (χ1v) is 5.98. The second kappa shape index (κ2) is 4.73. The number of hydrogen-bond acceptors (Lipinski definition) is 0. The zero-order valence-corrected chi connectivity index (χ0v) is 11.3. The fourth-order valence-corrected chi connectivity index (χ4v) is 1.56. The minimum atomic E-state index is -0.136. The van der Waals surface area contributed by atoms with Crippen molar-refractivity contribution in [2.45, 2.75) is 26.7 Å². The summed E-state index contributed by atoms with van der Waals surface area (Å²) in [5.74, 6) is 0. The van der Waals surface area contributed by atoms with Crippen molar-refractivity contribution in [1.82, 2.24) is 0 Å². The summed E-state index contributed by atoms with van der Waals surface area (Å²) in [5, 5.41) is 0. The first-order valence-electron chi connectivity index (χ1n) is 2.69. The Morgan fingerprint density at radius 2 is 1.78 bits per heavy atom. The molecule has 0 aliphatic heterocycles. The van der Waals surface area contributed by atoms with Crippen LogP contribution in [0.4, 0.5) is 0 Å². The second-order valence-electron chi connectivity index (χ2n) is 1.80. The highest BCUT2D eigenvalue weighted by Gasteiger charge is 2.26. The highest BCUT2D eigenvalue weighted by atomic mass is 80.0. The molecule has 56 valence electrons. The molecule has 0 amide bonds. The molecular formula is C5H8Br4. The highest BCUT2D eigenvalue weighted by molar-refractivity contribution is 9.40. The van der Waals surface area contributed by atoms with Gasteiger partial charge in [-0.2, -0.15) is 0 Å². The van der Waals surface area contributed by atoms with E-state index in [1.807, 2.05) is 0 Å². The fraction of sp³-hybridized carbons (Fsp3) is 1.00. The summed E-state index contributed by atoms with van der Waals surface area (Å²) in [6.07, 6.45) is 2.32. The quantitative estimate of drug-likeness (QED) is 0.617. The number of halogens is 4. The SMILES string of the molecule is CCCC(Br)C(Br)(Br)Br. The Labute approximate surface area is 89.7 Å². The summed E-state index contributed by atoms with van der Waals surface area (Å²) in [6.45, 7) is 2.16. The van der Waals surface area contributed by atoms with E-state index in [1.54, 1.807) is 0 Å². The smallest absolute Gasteiger partial charge is 0.0857 e. The van der Waals surface area contributed by atoms with Gasteiger partial charge < -0.3 is 0 Å². The minimum Gasteiger partial charge on any atom is -0.0857 e. The summed E-state index contributed by atoms with van der Waals surface area (Å²) >= 11 is 13.8. The molecule has 1 unspecified atom stereocenters. The third-order valence-electron chi connectivity index (χ3n) is 0.897. The van der Waals surface area contributed by atoms with Gasteiger partial charge in [-0.15, -0.1) is 0 Å². The lowest BCUT2D eigenvalue weighted by Gasteiger charge is -2.18. The van der Waals surface area contributed by atoms with Crippen molar-refractivity contribution in [3.63, 3.8) is 0 Å². The molecule has 1 atom stereocenters. The van der Waals surface area contributed by atoms with Crippen molar-refractivity contribution in [3.8, 4) is 0 Å². The van der Waals surface area contributed by atoms with Crippen LogP contribution in [0.2, 0.25) is 0 Å². The average Bonchev–Trinajstić information content (AvgIpc) is 1.64. The van der Waals surface area contributed by atoms with Crippen molar-refractivity contribution in [2.75, 3.05) is 0 Å². The van der Waals surface area contributed by atoms with E-state index in [2.05, 4.69) is 70.6 Å². The van der Waals surface area contributed by atoms with Gasteiger partial charge in [0, 0.05) is 4.83 Å². The summed E-state index contributed by atoms with van der Waals surface area (Å²) in [5.41, 5.74) is 0. The Balaban J connectivity index is 3.59. The predicted molar refractivity (Wildman–Crippen MR) is 57.1 cm³/mol. The van der Waals surface area contributed by atoms with Crippen molar-refractivity contribution in [3.05, 3.63) is 0 Å². The van der Waals surface area contributed by atoms with Gasteiger partial charge in [0.25, 0.3) is 0 Å². The summed E-state index contributed by atoms with van der Waals surface area (Å²) < 4.78 is -0.136. The normalized spacial score (nSPS) is 15.7. The van der Waals surface area contributed by atoms with Crippen LogP contribution in [-0.4, -0.2) is 6.97 Å². The van der Waals surface area contributed by atoms with Crippen molar-refractivity contribution in [2.24, 2.45) is 0 Å². The van der Waals surface area contributed by atoms with Crippen LogP contribution in [0, 0.1) is 0 Å². The van der Waals surface area contributed by atoms with Crippen LogP contribution in [0.3, 0.4) is 0 Å². The first-order chi connectivity index (χ1) is 3.98. The van der Waals surface area contributed by atoms with Crippen LogP contribution < -0.4 is 0 Å². The molecule has 0 fully saturated rings. The molecule has 0 saturated carbocycles. The largest absolute Gasteiger partial charge is 0.147 e. The molecule has 0 heterocycles. The molecule has 0 radical (unpaired) electrons. The van der Waals surface area contributed by atoms with Crippen LogP contribution in [0.1, 0.15) is 19.8 Å². The van der Waals surface area contributed by atoms with E-state index in [0.29, 0.717) is 4.83 Å². The summed E-state index contributed by atoms with van der Waals surface area (Å²) in [4.78, 5) is 0.426. The molecule has 0 saturated heterocycles. The molecule has 0 aromatic carbocycles. The van der Waals surface area contributed by atoms with E-state index >= 15 is 0 Å². The van der Waals surface area contributed by atoms with Gasteiger partial charge in [-0.25, -0.2) is 0 Å². The molecule has 0 aliphatic carbocycles. The molecule has 4 heteroatoms. The lowest BCUT2D eigenvalue weighted by atomic mass is 10.3. The van der Waals surface area contributed by atoms with Gasteiger partial charge in [-0.3, -0.25) is 0 Å². The maximum absolute atomic E-state index is 3.52. The maximum atomic E-state index is 3.52. The van der Waals surface area contributed by atoms with Crippen molar-refractivity contribution < 1.29 is 0 Å². The molecule has 0 aliphatic rings. The van der Waals surface area contributed by atoms with Crippen LogP contribution in [-0.2, 0) is 0 Å². The van der Waals surface area contributed by atoms with Gasteiger partial charge >= 0.3 is 0 Å². The van der Waals surface area contributed by atoms with Crippen molar-refractivity contribution in [1.29, 1.82) is 0 Å². The van der Waals surface area contributed by atoms with E-state index in [9.17, 15) is 0 Å². The maximum Gasteiger partial charge on any atom is 0.147 e. The second-order valence-corrected chi connectivity index (χ2v) is 9.85. The molecular weight excluding hydrogens is 380 g/mol. The van der Waals surface area contributed by atoms with E-state index in [4.69, 9.17) is 0 Å². The molecule has 9 heavy (non-hydrogen) atoms. The Bertz CT molecular complexity index is 75.5. The van der Waals surface area contributed by atoms with Crippen LogP contribution in [0.15, 0.2) is 0 Å². The van der Waals surface area contributed by atoms with Gasteiger partial charge in [-0.05, 0) is 6.42 Å². The third kappa shape index (κ3) is 5.22. The molecule has 0 rings (SSSR count). The topological polar surface area (TPSA) is 0 Å². The molecule has 0 aromatic heterocycles. The number of hydrogen-bond donors (Lipinski definition) is 0. The van der Waals surface area contributed by atoms with Gasteiger partial charge in [-0.1, -0.05) is 77.1 Å². The minimum absolute atomic E-state index is 0.136. The van der Waals surface area contributed by atoms with E-state index in [-0.39, 0.29) is 2.14 Å². The van der Waals surface area contributed by atoms with Crippen LogP contribution in [0.5, 0.6) is 0 Å². The third-order valence-corrected chi connectivity index (χ3v) is 5.54. The standard InChI is InChI=1S/C5H8Br4/c1-2-3-4(6)5(7,8)9/h4H,2-3H2,1H3. The monoisotopic (exact) mass is 384 g/mol. The highest BCUT2D eigenvalue weighted by Crippen LogP contribution is 2.42. The lowest BCUT2D eigenvalue weighted by Crippen LogP contribution is -2.15. The fourth-order valence-electron chi connectivity index (χ4n) is 0.417. The van der Waals surface area contributed by atoms with Crippen molar-refractivity contribution >= 4 is 63.7 Å². The summed E-state index contributed by atoms with van der Waals surface area (Å²) in [6, 6.07) is 0. The van der Waals surface area contributed by atoms with Crippen LogP contribution >= 0.6 is 63.7 Å².